The smallest absolute Gasteiger partial charge is 0.131 e. The van der Waals surface area contributed by atoms with Gasteiger partial charge in [-0.3, -0.25) is 0 Å². The summed E-state index contributed by atoms with van der Waals surface area (Å²) in [5, 5.41) is 22.2. The molecule has 0 saturated carbocycles. The molecule has 1 rings (SSSR count). The highest BCUT2D eigenvalue weighted by atomic mass is 19.1. The molecule has 0 amide bonds. The molecule has 2 unspecified atom stereocenters. The molecule has 0 radical (unpaired) electrons. The van der Waals surface area contributed by atoms with Crippen LogP contribution >= 0.6 is 0 Å². The van der Waals surface area contributed by atoms with Gasteiger partial charge >= 0.3 is 0 Å². The van der Waals surface area contributed by atoms with Crippen LogP contribution in [0.4, 0.5) is 8.78 Å². The van der Waals surface area contributed by atoms with E-state index in [2.05, 4.69) is 5.32 Å². The van der Waals surface area contributed by atoms with Gasteiger partial charge in [0.1, 0.15) is 11.6 Å². The van der Waals surface area contributed by atoms with Crippen LogP contribution in [0.15, 0.2) is 18.2 Å². The maximum atomic E-state index is 13.4. The van der Waals surface area contributed by atoms with Gasteiger partial charge < -0.3 is 15.5 Å². The van der Waals surface area contributed by atoms with Crippen molar-refractivity contribution < 1.29 is 19.0 Å². The molecule has 3 nitrogen and oxygen atoms in total. The van der Waals surface area contributed by atoms with Crippen molar-refractivity contribution in [2.75, 3.05) is 13.1 Å². The molecular weight excluding hydrogens is 252 g/mol. The molecule has 2 atom stereocenters. The van der Waals surface area contributed by atoms with E-state index in [1.54, 1.807) is 0 Å². The van der Waals surface area contributed by atoms with Crippen molar-refractivity contribution in [2.24, 2.45) is 5.92 Å². The zero-order valence-electron chi connectivity index (χ0n) is 11.2. The molecular formula is C14H21F2NO2. The summed E-state index contributed by atoms with van der Waals surface area (Å²) < 4.78 is 26.8. The Bertz CT molecular complexity index is 379. The second-order valence-electron chi connectivity index (χ2n) is 5.09. The standard InChI is InChI=1S/C14H21F2NO2/c1-9(2)6-10(18)7-17-8-13(19)14-11(15)4-3-5-12(14)16/h3-5,9-10,13,17-19H,6-8H2,1-2H3. The summed E-state index contributed by atoms with van der Waals surface area (Å²) in [5.41, 5.74) is -0.339. The molecule has 0 saturated heterocycles. The van der Waals surface area contributed by atoms with E-state index in [-0.39, 0.29) is 18.7 Å². The molecule has 0 fully saturated rings. The second kappa shape index (κ2) is 7.53. The van der Waals surface area contributed by atoms with Crippen molar-refractivity contribution in [2.45, 2.75) is 32.5 Å². The van der Waals surface area contributed by atoms with Gasteiger partial charge in [-0.2, -0.15) is 0 Å². The average molecular weight is 273 g/mol. The lowest BCUT2D eigenvalue weighted by atomic mass is 10.1. The first kappa shape index (κ1) is 16.0. The Kier molecular flexibility index (Phi) is 6.34. The molecule has 0 bridgehead atoms. The van der Waals surface area contributed by atoms with Crippen LogP contribution in [-0.2, 0) is 0 Å². The maximum absolute atomic E-state index is 13.4. The average Bonchev–Trinajstić information content (AvgIpc) is 2.27. The molecule has 0 aliphatic carbocycles. The molecule has 0 spiro atoms. The van der Waals surface area contributed by atoms with Gasteiger partial charge in [0.2, 0.25) is 0 Å². The SMILES string of the molecule is CC(C)CC(O)CNCC(O)c1c(F)cccc1F. The minimum Gasteiger partial charge on any atom is -0.392 e. The lowest BCUT2D eigenvalue weighted by Gasteiger charge is -2.17. The van der Waals surface area contributed by atoms with E-state index in [9.17, 15) is 19.0 Å². The fraction of sp³-hybridized carbons (Fsp3) is 0.571. The van der Waals surface area contributed by atoms with E-state index in [0.29, 0.717) is 12.3 Å². The number of aliphatic hydroxyl groups excluding tert-OH is 2. The van der Waals surface area contributed by atoms with Crippen molar-refractivity contribution in [3.8, 4) is 0 Å². The fourth-order valence-electron chi connectivity index (χ4n) is 1.95. The molecule has 19 heavy (non-hydrogen) atoms. The van der Waals surface area contributed by atoms with Crippen molar-refractivity contribution >= 4 is 0 Å². The minimum absolute atomic E-state index is 0.00694. The predicted molar refractivity (Wildman–Crippen MR) is 69.6 cm³/mol. The zero-order valence-corrected chi connectivity index (χ0v) is 11.2. The lowest BCUT2D eigenvalue weighted by Crippen LogP contribution is -2.31. The monoisotopic (exact) mass is 273 g/mol. The van der Waals surface area contributed by atoms with Gasteiger partial charge in [-0.25, -0.2) is 8.78 Å². The molecule has 0 aliphatic heterocycles. The largest absolute Gasteiger partial charge is 0.392 e. The molecule has 3 N–H and O–H groups in total. The molecule has 108 valence electrons. The Labute approximate surface area is 112 Å². The Morgan fingerprint density at radius 3 is 2.21 bits per heavy atom. The third kappa shape index (κ3) is 5.22. The quantitative estimate of drug-likeness (QED) is 0.712. The number of rotatable bonds is 7. The Morgan fingerprint density at radius 2 is 1.68 bits per heavy atom. The van der Waals surface area contributed by atoms with Crippen molar-refractivity contribution in [1.82, 2.24) is 5.32 Å². The zero-order chi connectivity index (χ0) is 14.4. The Morgan fingerprint density at radius 1 is 1.11 bits per heavy atom. The van der Waals surface area contributed by atoms with Gasteiger partial charge in [-0.1, -0.05) is 19.9 Å². The number of hydrogen-bond acceptors (Lipinski definition) is 3. The highest BCUT2D eigenvalue weighted by Gasteiger charge is 2.17. The van der Waals surface area contributed by atoms with Gasteiger partial charge in [0.25, 0.3) is 0 Å². The van der Waals surface area contributed by atoms with Crippen LogP contribution in [0.5, 0.6) is 0 Å². The van der Waals surface area contributed by atoms with Crippen molar-refractivity contribution in [3.05, 3.63) is 35.4 Å². The van der Waals surface area contributed by atoms with Crippen LogP contribution in [0.3, 0.4) is 0 Å². The first-order valence-electron chi connectivity index (χ1n) is 6.42. The highest BCUT2D eigenvalue weighted by molar-refractivity contribution is 5.22. The summed E-state index contributed by atoms with van der Waals surface area (Å²) in [4.78, 5) is 0. The van der Waals surface area contributed by atoms with Crippen molar-refractivity contribution in [1.29, 1.82) is 0 Å². The fourth-order valence-corrected chi connectivity index (χ4v) is 1.95. The van der Waals surface area contributed by atoms with Crippen LogP contribution in [0.2, 0.25) is 0 Å². The van der Waals surface area contributed by atoms with E-state index >= 15 is 0 Å². The first-order valence-corrected chi connectivity index (χ1v) is 6.42. The topological polar surface area (TPSA) is 52.5 Å². The third-order valence-corrected chi connectivity index (χ3v) is 2.79. The van der Waals surface area contributed by atoms with E-state index in [1.165, 1.54) is 6.07 Å². The van der Waals surface area contributed by atoms with Gasteiger partial charge in [-0.05, 0) is 24.5 Å². The summed E-state index contributed by atoms with van der Waals surface area (Å²) in [6.07, 6.45) is -1.16. The Balaban J connectivity index is 2.45. The van der Waals surface area contributed by atoms with Gasteiger partial charge in [-0.15, -0.1) is 0 Å². The molecule has 0 heterocycles. The van der Waals surface area contributed by atoms with Gasteiger partial charge in [0.15, 0.2) is 0 Å². The van der Waals surface area contributed by atoms with Crippen LogP contribution in [0.25, 0.3) is 0 Å². The molecule has 0 aromatic heterocycles. The van der Waals surface area contributed by atoms with Crippen LogP contribution in [-0.4, -0.2) is 29.4 Å². The summed E-state index contributed by atoms with van der Waals surface area (Å²) in [6.45, 7) is 4.26. The summed E-state index contributed by atoms with van der Waals surface area (Å²) in [5.74, 6) is -1.17. The third-order valence-electron chi connectivity index (χ3n) is 2.79. The van der Waals surface area contributed by atoms with E-state index in [1.807, 2.05) is 13.8 Å². The van der Waals surface area contributed by atoms with E-state index < -0.39 is 23.8 Å². The molecule has 1 aromatic carbocycles. The van der Waals surface area contributed by atoms with Crippen LogP contribution < -0.4 is 5.32 Å². The first-order chi connectivity index (χ1) is 8.91. The lowest BCUT2D eigenvalue weighted by molar-refractivity contribution is 0.128. The number of benzene rings is 1. The summed E-state index contributed by atoms with van der Waals surface area (Å²) >= 11 is 0. The molecule has 0 aliphatic rings. The number of aliphatic hydroxyl groups is 2. The second-order valence-corrected chi connectivity index (χ2v) is 5.09. The van der Waals surface area contributed by atoms with Crippen LogP contribution in [0.1, 0.15) is 31.9 Å². The number of nitrogens with one attached hydrogen (secondary N) is 1. The highest BCUT2D eigenvalue weighted by Crippen LogP contribution is 2.19. The number of hydrogen-bond donors (Lipinski definition) is 3. The van der Waals surface area contributed by atoms with E-state index in [4.69, 9.17) is 0 Å². The predicted octanol–water partition coefficient (Wildman–Crippen LogP) is 1.99. The minimum atomic E-state index is -1.27. The van der Waals surface area contributed by atoms with Gasteiger partial charge in [0.05, 0.1) is 17.8 Å². The molecule has 5 heteroatoms. The van der Waals surface area contributed by atoms with Crippen molar-refractivity contribution in [3.63, 3.8) is 0 Å². The van der Waals surface area contributed by atoms with Crippen LogP contribution in [0, 0.1) is 17.6 Å². The summed E-state index contributed by atoms with van der Waals surface area (Å²) in [6, 6.07) is 3.46. The maximum Gasteiger partial charge on any atom is 0.131 e. The number of halogens is 2. The van der Waals surface area contributed by atoms with Gasteiger partial charge in [0, 0.05) is 13.1 Å². The Hall–Kier alpha value is -1.04. The normalized spacial score (nSPS) is 14.7. The van der Waals surface area contributed by atoms with E-state index in [0.717, 1.165) is 12.1 Å². The molecule has 1 aromatic rings. The summed E-state index contributed by atoms with van der Waals surface area (Å²) in [7, 11) is 0.